The number of benzene rings is 1. The zero-order valence-corrected chi connectivity index (χ0v) is 14.3. The third-order valence-electron chi connectivity index (χ3n) is 4.75. The number of nitrogens with zero attached hydrogens (tertiary/aromatic N) is 3. The fraction of sp³-hybridized carbons (Fsp3) is 0.500. The first-order valence-electron chi connectivity index (χ1n) is 8.76. The summed E-state index contributed by atoms with van der Waals surface area (Å²) in [6.45, 7) is 1.46. The Hall–Kier alpha value is -2.57. The number of ether oxygens (including phenoxy) is 1. The number of aromatic nitrogens is 2. The van der Waals surface area contributed by atoms with Gasteiger partial charge in [-0.2, -0.15) is 4.98 Å². The molecule has 7 nitrogen and oxygen atoms in total. The van der Waals surface area contributed by atoms with Gasteiger partial charge in [0, 0.05) is 24.7 Å². The standard InChI is InChI=1S/C18H22N4O3/c1-24-15-8-4-12(5-9-15)16-20-18(25-21-16)22-10-2-3-13(11-22)17(23)19-14-6-7-14/h4-5,8-9,13-14H,2-3,6-7,10-11H2,1H3,(H,19,23)/t13-/m1/s1. The molecule has 4 rings (SSSR count). The van der Waals surface area contributed by atoms with Crippen LogP contribution in [0.3, 0.4) is 0 Å². The lowest BCUT2D eigenvalue weighted by atomic mass is 9.97. The van der Waals surface area contributed by atoms with E-state index in [0.29, 0.717) is 24.4 Å². The van der Waals surface area contributed by atoms with E-state index >= 15 is 0 Å². The third-order valence-corrected chi connectivity index (χ3v) is 4.75. The first-order valence-corrected chi connectivity index (χ1v) is 8.76. The maximum absolute atomic E-state index is 12.3. The van der Waals surface area contributed by atoms with Gasteiger partial charge in [-0.25, -0.2) is 0 Å². The fourth-order valence-corrected chi connectivity index (χ4v) is 3.11. The summed E-state index contributed by atoms with van der Waals surface area (Å²) < 4.78 is 10.6. The van der Waals surface area contributed by atoms with Gasteiger partial charge in [-0.15, -0.1) is 0 Å². The van der Waals surface area contributed by atoms with Gasteiger partial charge in [0.2, 0.25) is 11.7 Å². The topological polar surface area (TPSA) is 80.5 Å². The molecule has 1 N–H and O–H groups in total. The Labute approximate surface area is 146 Å². The number of amides is 1. The van der Waals surface area contributed by atoms with Crippen molar-refractivity contribution in [3.63, 3.8) is 0 Å². The number of carbonyl (C=O) groups is 1. The molecule has 7 heteroatoms. The van der Waals surface area contributed by atoms with E-state index in [-0.39, 0.29) is 11.8 Å². The highest BCUT2D eigenvalue weighted by molar-refractivity contribution is 5.80. The summed E-state index contributed by atoms with van der Waals surface area (Å²) in [7, 11) is 1.63. The Balaban J connectivity index is 1.44. The molecule has 2 aliphatic rings. The number of nitrogens with one attached hydrogen (secondary N) is 1. The smallest absolute Gasteiger partial charge is 0.324 e. The van der Waals surface area contributed by atoms with Crippen LogP contribution in [-0.4, -0.2) is 42.3 Å². The first-order chi connectivity index (χ1) is 12.2. The van der Waals surface area contributed by atoms with Crippen LogP contribution in [-0.2, 0) is 4.79 Å². The van der Waals surface area contributed by atoms with Crippen molar-refractivity contribution < 1.29 is 14.1 Å². The van der Waals surface area contributed by atoms with Crippen LogP contribution < -0.4 is 15.0 Å². The molecule has 0 spiro atoms. The van der Waals surface area contributed by atoms with Gasteiger partial charge >= 0.3 is 6.01 Å². The van der Waals surface area contributed by atoms with Crippen LogP contribution in [0.1, 0.15) is 25.7 Å². The van der Waals surface area contributed by atoms with Crippen molar-refractivity contribution in [2.75, 3.05) is 25.1 Å². The van der Waals surface area contributed by atoms with Crippen molar-refractivity contribution in [2.45, 2.75) is 31.7 Å². The molecule has 132 valence electrons. The minimum atomic E-state index is -0.00862. The van der Waals surface area contributed by atoms with E-state index in [1.54, 1.807) is 7.11 Å². The minimum Gasteiger partial charge on any atom is -0.497 e. The van der Waals surface area contributed by atoms with Crippen LogP contribution in [0.4, 0.5) is 6.01 Å². The van der Waals surface area contributed by atoms with Crippen molar-refractivity contribution in [3.05, 3.63) is 24.3 Å². The van der Waals surface area contributed by atoms with Crippen molar-refractivity contribution in [2.24, 2.45) is 5.92 Å². The van der Waals surface area contributed by atoms with Crippen molar-refractivity contribution in [3.8, 4) is 17.1 Å². The predicted octanol–water partition coefficient (Wildman–Crippen LogP) is 2.24. The summed E-state index contributed by atoms with van der Waals surface area (Å²) in [6.07, 6.45) is 4.08. The highest BCUT2D eigenvalue weighted by Crippen LogP contribution is 2.27. The molecule has 1 saturated heterocycles. The average Bonchev–Trinajstić information content (AvgIpc) is 3.34. The Morgan fingerprint density at radius 1 is 1.28 bits per heavy atom. The van der Waals surface area contributed by atoms with Gasteiger partial charge in [0.05, 0.1) is 13.0 Å². The van der Waals surface area contributed by atoms with Gasteiger partial charge in [0.25, 0.3) is 0 Å². The zero-order chi connectivity index (χ0) is 17.2. The van der Waals surface area contributed by atoms with Crippen LogP contribution in [0.25, 0.3) is 11.4 Å². The summed E-state index contributed by atoms with van der Waals surface area (Å²) in [5.41, 5.74) is 0.871. The third kappa shape index (κ3) is 3.60. The van der Waals surface area contributed by atoms with Gasteiger partial charge in [-0.05, 0) is 49.9 Å². The molecule has 0 unspecified atom stereocenters. The molecule has 1 amide bonds. The van der Waals surface area contributed by atoms with Gasteiger partial charge in [0.15, 0.2) is 0 Å². The van der Waals surface area contributed by atoms with Gasteiger partial charge in [0.1, 0.15) is 5.75 Å². The monoisotopic (exact) mass is 342 g/mol. The fourth-order valence-electron chi connectivity index (χ4n) is 3.11. The van der Waals surface area contributed by atoms with Crippen molar-refractivity contribution >= 4 is 11.9 Å². The van der Waals surface area contributed by atoms with E-state index in [1.807, 2.05) is 29.2 Å². The van der Waals surface area contributed by atoms with E-state index in [1.165, 1.54) is 0 Å². The van der Waals surface area contributed by atoms with Gasteiger partial charge in [-0.1, -0.05) is 5.16 Å². The number of hydrogen-bond donors (Lipinski definition) is 1. The van der Waals surface area contributed by atoms with E-state index in [2.05, 4.69) is 15.5 Å². The van der Waals surface area contributed by atoms with Crippen LogP contribution in [0.15, 0.2) is 28.8 Å². The first kappa shape index (κ1) is 15.9. The summed E-state index contributed by atoms with van der Waals surface area (Å²) in [6, 6.07) is 8.41. The molecule has 2 fully saturated rings. The molecule has 0 bridgehead atoms. The SMILES string of the molecule is COc1ccc(-c2noc(N3CCC[C@@H](C(=O)NC4CC4)C3)n2)cc1. The predicted molar refractivity (Wildman–Crippen MR) is 92.4 cm³/mol. The normalized spacial score (nSPS) is 20.4. The molecular weight excluding hydrogens is 320 g/mol. The number of rotatable bonds is 5. The molecule has 2 heterocycles. The zero-order valence-electron chi connectivity index (χ0n) is 14.3. The lowest BCUT2D eigenvalue weighted by Crippen LogP contribution is -2.43. The van der Waals surface area contributed by atoms with E-state index < -0.39 is 0 Å². The highest BCUT2D eigenvalue weighted by atomic mass is 16.5. The molecule has 25 heavy (non-hydrogen) atoms. The van der Waals surface area contributed by atoms with Gasteiger partial charge < -0.3 is 19.5 Å². The second-order valence-corrected chi connectivity index (χ2v) is 6.70. The maximum Gasteiger partial charge on any atom is 0.324 e. The largest absolute Gasteiger partial charge is 0.497 e. The number of piperidine rings is 1. The number of carbonyl (C=O) groups excluding carboxylic acids is 1. The van der Waals surface area contributed by atoms with Crippen molar-refractivity contribution in [1.29, 1.82) is 0 Å². The quantitative estimate of drug-likeness (QED) is 0.897. The number of anilines is 1. The van der Waals surface area contributed by atoms with E-state index in [0.717, 1.165) is 43.5 Å². The average molecular weight is 342 g/mol. The summed E-state index contributed by atoms with van der Waals surface area (Å²) >= 11 is 0. The van der Waals surface area contributed by atoms with Crippen LogP contribution in [0.2, 0.25) is 0 Å². The molecular formula is C18H22N4O3. The number of hydrogen-bond acceptors (Lipinski definition) is 6. The number of methoxy groups -OCH3 is 1. The second kappa shape index (κ2) is 6.74. The van der Waals surface area contributed by atoms with E-state index in [9.17, 15) is 4.79 Å². The Morgan fingerprint density at radius 2 is 2.08 bits per heavy atom. The lowest BCUT2D eigenvalue weighted by molar-refractivity contribution is -0.125. The van der Waals surface area contributed by atoms with E-state index in [4.69, 9.17) is 9.26 Å². The minimum absolute atomic E-state index is 0.00862. The maximum atomic E-state index is 12.3. The molecule has 1 aliphatic heterocycles. The van der Waals surface area contributed by atoms with Crippen LogP contribution in [0, 0.1) is 5.92 Å². The lowest BCUT2D eigenvalue weighted by Gasteiger charge is -2.30. The summed E-state index contributed by atoms with van der Waals surface area (Å²) in [5.74, 6) is 1.48. The second-order valence-electron chi connectivity index (χ2n) is 6.70. The molecule has 0 radical (unpaired) electrons. The molecule has 2 aromatic rings. The van der Waals surface area contributed by atoms with Crippen molar-refractivity contribution in [1.82, 2.24) is 15.5 Å². The van der Waals surface area contributed by atoms with Gasteiger partial charge in [-0.3, -0.25) is 4.79 Å². The molecule has 1 aliphatic carbocycles. The molecule has 1 aromatic carbocycles. The van der Waals surface area contributed by atoms with Crippen LogP contribution >= 0.6 is 0 Å². The van der Waals surface area contributed by atoms with Crippen LogP contribution in [0.5, 0.6) is 5.75 Å². The molecule has 1 aromatic heterocycles. The Morgan fingerprint density at radius 3 is 2.80 bits per heavy atom. The highest BCUT2D eigenvalue weighted by Gasteiger charge is 2.32. The molecule has 1 saturated carbocycles. The Kier molecular flexibility index (Phi) is 4.29. The Bertz CT molecular complexity index is 739. The molecule has 1 atom stereocenters. The summed E-state index contributed by atoms with van der Waals surface area (Å²) in [4.78, 5) is 18.8. The summed E-state index contributed by atoms with van der Waals surface area (Å²) in [5, 5.41) is 7.17.